The fraction of sp³-hybridized carbons (Fsp3) is 0.700. The molecule has 0 aromatic heterocycles. The third-order valence-electron chi connectivity index (χ3n) is 1.79. The van der Waals surface area contributed by atoms with Crippen LogP contribution in [0.5, 0.6) is 0 Å². The van der Waals surface area contributed by atoms with Crippen LogP contribution in [0.2, 0.25) is 0 Å². The molecule has 0 aliphatic carbocycles. The van der Waals surface area contributed by atoms with E-state index in [0.717, 1.165) is 0 Å². The molecule has 0 amide bonds. The SMILES string of the molecule is C=CCOCCOC(=O)C1COCCO1. The molecule has 86 valence electrons. The van der Waals surface area contributed by atoms with Gasteiger partial charge in [-0.2, -0.15) is 0 Å². The third-order valence-corrected chi connectivity index (χ3v) is 1.79. The van der Waals surface area contributed by atoms with Crippen LogP contribution >= 0.6 is 0 Å². The molecule has 0 spiro atoms. The van der Waals surface area contributed by atoms with Gasteiger partial charge in [0.05, 0.1) is 33.0 Å². The lowest BCUT2D eigenvalue weighted by atomic mass is 10.3. The number of esters is 1. The Bertz CT molecular complexity index is 198. The standard InChI is InChI=1S/C10H16O5/c1-2-3-12-4-7-15-10(11)9-8-13-5-6-14-9/h2,9H,1,3-8H2. The van der Waals surface area contributed by atoms with E-state index in [0.29, 0.717) is 26.4 Å². The second kappa shape index (κ2) is 7.39. The zero-order valence-electron chi connectivity index (χ0n) is 8.65. The second-order valence-electron chi connectivity index (χ2n) is 2.97. The van der Waals surface area contributed by atoms with Crippen molar-refractivity contribution in [2.24, 2.45) is 0 Å². The van der Waals surface area contributed by atoms with Crippen molar-refractivity contribution in [1.29, 1.82) is 0 Å². The fourth-order valence-electron chi connectivity index (χ4n) is 1.08. The van der Waals surface area contributed by atoms with Crippen LogP contribution in [0.3, 0.4) is 0 Å². The number of rotatable bonds is 6. The Morgan fingerprint density at radius 3 is 3.00 bits per heavy atom. The summed E-state index contributed by atoms with van der Waals surface area (Å²) in [5.41, 5.74) is 0. The summed E-state index contributed by atoms with van der Waals surface area (Å²) in [7, 11) is 0. The first-order chi connectivity index (χ1) is 7.34. The molecule has 1 heterocycles. The summed E-state index contributed by atoms with van der Waals surface area (Å²) in [5.74, 6) is -0.392. The van der Waals surface area contributed by atoms with E-state index < -0.39 is 12.1 Å². The molecular weight excluding hydrogens is 200 g/mol. The van der Waals surface area contributed by atoms with Crippen LogP contribution < -0.4 is 0 Å². The van der Waals surface area contributed by atoms with Crippen molar-refractivity contribution in [3.63, 3.8) is 0 Å². The van der Waals surface area contributed by atoms with Gasteiger partial charge in [-0.1, -0.05) is 6.08 Å². The van der Waals surface area contributed by atoms with E-state index in [1.807, 2.05) is 0 Å². The van der Waals surface area contributed by atoms with Crippen molar-refractivity contribution in [3.05, 3.63) is 12.7 Å². The Hall–Kier alpha value is -0.910. The second-order valence-corrected chi connectivity index (χ2v) is 2.97. The minimum Gasteiger partial charge on any atom is -0.461 e. The molecule has 1 saturated heterocycles. The zero-order valence-corrected chi connectivity index (χ0v) is 8.65. The smallest absolute Gasteiger partial charge is 0.337 e. The lowest BCUT2D eigenvalue weighted by Crippen LogP contribution is -2.37. The maximum atomic E-state index is 11.3. The molecule has 0 saturated carbocycles. The van der Waals surface area contributed by atoms with Crippen LogP contribution in [0.1, 0.15) is 0 Å². The molecular formula is C10H16O5. The summed E-state index contributed by atoms with van der Waals surface area (Å²) in [4.78, 5) is 11.3. The molecule has 1 aliphatic rings. The summed E-state index contributed by atoms with van der Waals surface area (Å²) in [6, 6.07) is 0. The van der Waals surface area contributed by atoms with E-state index in [-0.39, 0.29) is 13.2 Å². The Morgan fingerprint density at radius 1 is 1.47 bits per heavy atom. The van der Waals surface area contributed by atoms with Crippen LogP contribution in [-0.2, 0) is 23.7 Å². The Morgan fingerprint density at radius 2 is 2.33 bits per heavy atom. The first-order valence-corrected chi connectivity index (χ1v) is 4.89. The van der Waals surface area contributed by atoms with Gasteiger partial charge in [-0.15, -0.1) is 6.58 Å². The van der Waals surface area contributed by atoms with Gasteiger partial charge in [-0.3, -0.25) is 0 Å². The monoisotopic (exact) mass is 216 g/mol. The first-order valence-electron chi connectivity index (χ1n) is 4.89. The van der Waals surface area contributed by atoms with Gasteiger partial charge >= 0.3 is 5.97 Å². The minimum atomic E-state index is -0.585. The molecule has 5 nitrogen and oxygen atoms in total. The van der Waals surface area contributed by atoms with Crippen molar-refractivity contribution in [3.8, 4) is 0 Å². The van der Waals surface area contributed by atoms with Gasteiger partial charge in [0, 0.05) is 0 Å². The van der Waals surface area contributed by atoms with Crippen molar-refractivity contribution < 1.29 is 23.7 Å². The number of carbonyl (C=O) groups is 1. The maximum Gasteiger partial charge on any atom is 0.337 e. The van der Waals surface area contributed by atoms with Crippen LogP contribution in [0.25, 0.3) is 0 Å². The molecule has 0 radical (unpaired) electrons. The predicted molar refractivity (Wildman–Crippen MR) is 52.5 cm³/mol. The van der Waals surface area contributed by atoms with E-state index in [9.17, 15) is 4.79 Å². The number of ether oxygens (including phenoxy) is 4. The highest BCUT2D eigenvalue weighted by Crippen LogP contribution is 2.02. The number of hydrogen-bond acceptors (Lipinski definition) is 5. The van der Waals surface area contributed by atoms with E-state index in [1.54, 1.807) is 6.08 Å². The lowest BCUT2D eigenvalue weighted by Gasteiger charge is -2.21. The molecule has 1 aliphatic heterocycles. The minimum absolute atomic E-state index is 0.229. The molecule has 1 unspecified atom stereocenters. The molecule has 5 heteroatoms. The van der Waals surface area contributed by atoms with Crippen molar-refractivity contribution >= 4 is 5.97 Å². The van der Waals surface area contributed by atoms with Crippen molar-refractivity contribution in [2.45, 2.75) is 6.10 Å². The molecule has 15 heavy (non-hydrogen) atoms. The summed E-state index contributed by atoms with van der Waals surface area (Å²) in [6.45, 7) is 5.79. The Labute approximate surface area is 88.9 Å². The first kappa shape index (κ1) is 12.2. The number of carbonyl (C=O) groups excluding carboxylic acids is 1. The average molecular weight is 216 g/mol. The summed E-state index contributed by atoms with van der Waals surface area (Å²) in [5, 5.41) is 0. The van der Waals surface area contributed by atoms with Gasteiger partial charge in [0.15, 0.2) is 6.10 Å². The predicted octanol–water partition coefficient (Wildman–Crippen LogP) is 0.148. The summed E-state index contributed by atoms with van der Waals surface area (Å²) in [6.07, 6.45) is 1.05. The average Bonchev–Trinajstić information content (AvgIpc) is 2.30. The van der Waals surface area contributed by atoms with Crippen LogP contribution in [-0.4, -0.2) is 51.7 Å². The maximum absolute atomic E-state index is 11.3. The summed E-state index contributed by atoms with van der Waals surface area (Å²) >= 11 is 0. The summed E-state index contributed by atoms with van der Waals surface area (Å²) < 4.78 is 20.2. The van der Waals surface area contributed by atoms with E-state index in [1.165, 1.54) is 0 Å². The molecule has 0 aromatic rings. The Balaban J connectivity index is 2.04. The molecule has 1 atom stereocenters. The lowest BCUT2D eigenvalue weighted by molar-refractivity contribution is -0.171. The molecule has 0 bridgehead atoms. The van der Waals surface area contributed by atoms with Gasteiger partial charge < -0.3 is 18.9 Å². The van der Waals surface area contributed by atoms with Crippen LogP contribution in [0.15, 0.2) is 12.7 Å². The van der Waals surface area contributed by atoms with Crippen LogP contribution in [0.4, 0.5) is 0 Å². The van der Waals surface area contributed by atoms with Crippen molar-refractivity contribution in [2.75, 3.05) is 39.6 Å². The van der Waals surface area contributed by atoms with Gasteiger partial charge in [-0.05, 0) is 0 Å². The quantitative estimate of drug-likeness (QED) is 0.359. The van der Waals surface area contributed by atoms with Crippen molar-refractivity contribution in [1.82, 2.24) is 0 Å². The highest BCUT2D eigenvalue weighted by molar-refractivity contribution is 5.74. The van der Waals surface area contributed by atoms with E-state index in [4.69, 9.17) is 18.9 Å². The van der Waals surface area contributed by atoms with Gasteiger partial charge in [-0.25, -0.2) is 4.79 Å². The van der Waals surface area contributed by atoms with Gasteiger partial charge in [0.2, 0.25) is 0 Å². The topological polar surface area (TPSA) is 54.0 Å². The molecule has 1 rings (SSSR count). The number of hydrogen-bond donors (Lipinski definition) is 0. The van der Waals surface area contributed by atoms with Gasteiger partial charge in [0.1, 0.15) is 6.61 Å². The zero-order chi connectivity index (χ0) is 10.9. The largest absolute Gasteiger partial charge is 0.461 e. The normalized spacial score (nSPS) is 20.9. The fourth-order valence-corrected chi connectivity index (χ4v) is 1.08. The molecule has 0 aromatic carbocycles. The highest BCUT2D eigenvalue weighted by atomic mass is 16.6. The molecule has 1 fully saturated rings. The van der Waals surface area contributed by atoms with Crippen LogP contribution in [0, 0.1) is 0 Å². The highest BCUT2D eigenvalue weighted by Gasteiger charge is 2.23. The molecule has 0 N–H and O–H groups in total. The van der Waals surface area contributed by atoms with E-state index in [2.05, 4.69) is 6.58 Å². The van der Waals surface area contributed by atoms with E-state index >= 15 is 0 Å². The third kappa shape index (κ3) is 4.92. The Kier molecular flexibility index (Phi) is 5.99. The van der Waals surface area contributed by atoms with Gasteiger partial charge in [0.25, 0.3) is 0 Å².